The van der Waals surface area contributed by atoms with Crippen LogP contribution in [-0.4, -0.2) is 11.9 Å². The van der Waals surface area contributed by atoms with E-state index in [-0.39, 0.29) is 18.0 Å². The number of halogens is 1. The molecule has 3 rings (SSSR count). The van der Waals surface area contributed by atoms with Gasteiger partial charge in [-0.3, -0.25) is 4.79 Å². The first-order valence-corrected chi connectivity index (χ1v) is 8.06. The molecule has 0 aliphatic carbocycles. The minimum absolute atomic E-state index is 0.00508. The van der Waals surface area contributed by atoms with Gasteiger partial charge in [-0.05, 0) is 48.7 Å². The summed E-state index contributed by atoms with van der Waals surface area (Å²) in [7, 11) is 0. The summed E-state index contributed by atoms with van der Waals surface area (Å²) in [6.07, 6.45) is 0.376. The van der Waals surface area contributed by atoms with Gasteiger partial charge in [0.1, 0.15) is 0 Å². The molecule has 3 N–H and O–H groups in total. The van der Waals surface area contributed by atoms with Gasteiger partial charge in [-0.2, -0.15) is 0 Å². The Kier molecular flexibility index (Phi) is 4.44. The summed E-state index contributed by atoms with van der Waals surface area (Å²) in [5, 5.41) is 8.92. The third-order valence-electron chi connectivity index (χ3n) is 3.97. The van der Waals surface area contributed by atoms with Crippen LogP contribution in [0.4, 0.5) is 16.2 Å². The number of urea groups is 1. The average Bonchev–Trinajstić information content (AvgIpc) is 2.89. The van der Waals surface area contributed by atoms with Crippen molar-refractivity contribution in [3.05, 3.63) is 58.1 Å². The maximum Gasteiger partial charge on any atom is 0.319 e. The van der Waals surface area contributed by atoms with Gasteiger partial charge in [0.25, 0.3) is 0 Å². The van der Waals surface area contributed by atoms with Gasteiger partial charge in [-0.1, -0.05) is 29.8 Å². The molecule has 124 valence electrons. The molecule has 0 bridgehead atoms. The molecule has 0 saturated heterocycles. The fraction of sp³-hybridized carbons (Fsp3) is 0.222. The van der Waals surface area contributed by atoms with E-state index < -0.39 is 0 Å². The first-order valence-electron chi connectivity index (χ1n) is 7.69. The van der Waals surface area contributed by atoms with E-state index in [4.69, 9.17) is 11.6 Å². The highest BCUT2D eigenvalue weighted by Gasteiger charge is 2.19. The molecule has 1 heterocycles. The van der Waals surface area contributed by atoms with Gasteiger partial charge in [0.05, 0.1) is 23.2 Å². The van der Waals surface area contributed by atoms with Gasteiger partial charge < -0.3 is 16.0 Å². The average molecular weight is 344 g/mol. The van der Waals surface area contributed by atoms with Crippen LogP contribution in [0.3, 0.4) is 0 Å². The topological polar surface area (TPSA) is 70.2 Å². The second-order valence-corrected chi connectivity index (χ2v) is 6.35. The fourth-order valence-electron chi connectivity index (χ4n) is 2.68. The van der Waals surface area contributed by atoms with E-state index >= 15 is 0 Å². The van der Waals surface area contributed by atoms with Crippen molar-refractivity contribution in [2.24, 2.45) is 0 Å². The number of fused-ring (bicyclic) bond motifs is 1. The molecule has 24 heavy (non-hydrogen) atoms. The third-order valence-corrected chi connectivity index (χ3v) is 4.29. The number of carbonyl (C=O) groups excluding carboxylic acids is 2. The van der Waals surface area contributed by atoms with Crippen LogP contribution < -0.4 is 16.0 Å². The van der Waals surface area contributed by atoms with E-state index in [1.54, 1.807) is 12.1 Å². The van der Waals surface area contributed by atoms with Crippen LogP contribution in [0, 0.1) is 6.92 Å². The standard InChI is InChI=1S/C18H18ClN3O2/c1-10-3-5-16(14(19)7-10)22-18(24)20-11(2)12-4-6-15-13(8-12)9-17(23)21-15/h3-8,11H,9H2,1-2H3,(H,21,23)(H2,20,22,24). The van der Waals surface area contributed by atoms with Crippen molar-refractivity contribution < 1.29 is 9.59 Å². The van der Waals surface area contributed by atoms with Gasteiger partial charge in [-0.25, -0.2) is 4.79 Å². The maximum atomic E-state index is 12.2. The lowest BCUT2D eigenvalue weighted by atomic mass is 10.0. The highest BCUT2D eigenvalue weighted by Crippen LogP contribution is 2.27. The largest absolute Gasteiger partial charge is 0.331 e. The van der Waals surface area contributed by atoms with Crippen LogP contribution in [0.5, 0.6) is 0 Å². The first-order chi connectivity index (χ1) is 11.4. The normalized spacial score (nSPS) is 13.9. The first kappa shape index (κ1) is 16.3. The van der Waals surface area contributed by atoms with Crippen LogP contribution in [-0.2, 0) is 11.2 Å². The molecule has 0 spiro atoms. The number of hydrogen-bond donors (Lipinski definition) is 3. The summed E-state index contributed by atoms with van der Waals surface area (Å²) >= 11 is 6.12. The van der Waals surface area contributed by atoms with Crippen molar-refractivity contribution in [2.45, 2.75) is 26.3 Å². The molecule has 6 heteroatoms. The number of amides is 3. The summed E-state index contributed by atoms with van der Waals surface area (Å²) in [6.45, 7) is 3.83. The van der Waals surface area contributed by atoms with Crippen LogP contribution in [0.15, 0.2) is 36.4 Å². The fourth-order valence-corrected chi connectivity index (χ4v) is 2.96. The summed E-state index contributed by atoms with van der Waals surface area (Å²) in [6, 6.07) is 10.6. The van der Waals surface area contributed by atoms with Gasteiger partial charge in [-0.15, -0.1) is 0 Å². The molecular formula is C18H18ClN3O2. The molecule has 1 aliphatic heterocycles. The Morgan fingerprint density at radius 1 is 1.25 bits per heavy atom. The van der Waals surface area contributed by atoms with Crippen LogP contribution >= 0.6 is 11.6 Å². The zero-order valence-corrected chi connectivity index (χ0v) is 14.2. The van der Waals surface area contributed by atoms with Crippen molar-refractivity contribution >= 4 is 34.9 Å². The monoisotopic (exact) mass is 343 g/mol. The molecule has 1 atom stereocenters. The van der Waals surface area contributed by atoms with E-state index in [2.05, 4.69) is 16.0 Å². The third kappa shape index (κ3) is 3.51. The lowest BCUT2D eigenvalue weighted by Crippen LogP contribution is -2.31. The highest BCUT2D eigenvalue weighted by molar-refractivity contribution is 6.33. The molecule has 2 aromatic rings. The highest BCUT2D eigenvalue weighted by atomic mass is 35.5. The Hall–Kier alpha value is -2.53. The van der Waals surface area contributed by atoms with Gasteiger partial charge in [0, 0.05) is 5.69 Å². The molecule has 3 amide bonds. The Labute approximate surface area is 145 Å². The Morgan fingerprint density at radius 2 is 2.04 bits per heavy atom. The van der Waals surface area contributed by atoms with Crippen LogP contribution in [0.2, 0.25) is 5.02 Å². The Morgan fingerprint density at radius 3 is 2.79 bits per heavy atom. The van der Waals surface area contributed by atoms with Crippen molar-refractivity contribution in [2.75, 3.05) is 10.6 Å². The van der Waals surface area contributed by atoms with Crippen molar-refractivity contribution in [3.63, 3.8) is 0 Å². The number of nitrogens with one attached hydrogen (secondary N) is 3. The summed E-state index contributed by atoms with van der Waals surface area (Å²) in [4.78, 5) is 23.6. The summed E-state index contributed by atoms with van der Waals surface area (Å²) < 4.78 is 0. The Bertz CT molecular complexity index is 820. The van der Waals surface area contributed by atoms with E-state index in [1.165, 1.54) is 0 Å². The zero-order chi connectivity index (χ0) is 17.3. The lowest BCUT2D eigenvalue weighted by Gasteiger charge is -2.16. The molecule has 5 nitrogen and oxygen atoms in total. The molecule has 1 unspecified atom stereocenters. The smallest absolute Gasteiger partial charge is 0.319 e. The minimum Gasteiger partial charge on any atom is -0.331 e. The molecule has 0 fully saturated rings. The summed E-state index contributed by atoms with van der Waals surface area (Å²) in [5.74, 6) is -0.00508. The van der Waals surface area contributed by atoms with Gasteiger partial charge >= 0.3 is 6.03 Å². The zero-order valence-electron chi connectivity index (χ0n) is 13.4. The number of carbonyl (C=O) groups is 2. The second kappa shape index (κ2) is 6.53. The number of aryl methyl sites for hydroxylation is 1. The van der Waals surface area contributed by atoms with Crippen molar-refractivity contribution in [3.8, 4) is 0 Å². The van der Waals surface area contributed by atoms with Gasteiger partial charge in [0.15, 0.2) is 0 Å². The number of anilines is 2. The molecule has 0 radical (unpaired) electrons. The van der Waals surface area contributed by atoms with Gasteiger partial charge in [0.2, 0.25) is 5.91 Å². The van der Waals surface area contributed by atoms with Crippen LogP contribution in [0.25, 0.3) is 0 Å². The summed E-state index contributed by atoms with van der Waals surface area (Å²) in [5.41, 5.74) is 4.33. The van der Waals surface area contributed by atoms with E-state index in [9.17, 15) is 9.59 Å². The minimum atomic E-state index is -0.331. The molecule has 0 aromatic heterocycles. The predicted octanol–water partition coefficient (Wildman–Crippen LogP) is 4.03. The van der Waals surface area contributed by atoms with E-state index in [0.717, 1.165) is 22.4 Å². The lowest BCUT2D eigenvalue weighted by molar-refractivity contribution is -0.115. The molecule has 0 saturated carbocycles. The van der Waals surface area contributed by atoms with Crippen molar-refractivity contribution in [1.82, 2.24) is 5.32 Å². The number of rotatable bonds is 3. The van der Waals surface area contributed by atoms with E-state index in [1.807, 2.05) is 38.1 Å². The van der Waals surface area contributed by atoms with E-state index in [0.29, 0.717) is 17.1 Å². The Balaban J connectivity index is 1.66. The quantitative estimate of drug-likeness (QED) is 0.787. The SMILES string of the molecule is Cc1ccc(NC(=O)NC(C)c2ccc3c(c2)CC(=O)N3)c(Cl)c1. The maximum absolute atomic E-state index is 12.2. The second-order valence-electron chi connectivity index (χ2n) is 5.94. The number of benzene rings is 2. The molecule has 1 aliphatic rings. The predicted molar refractivity (Wildman–Crippen MR) is 95.5 cm³/mol. The number of hydrogen-bond acceptors (Lipinski definition) is 2. The molecule has 2 aromatic carbocycles. The van der Waals surface area contributed by atoms with Crippen molar-refractivity contribution in [1.29, 1.82) is 0 Å². The molecular weight excluding hydrogens is 326 g/mol. The van der Waals surface area contributed by atoms with Crippen LogP contribution in [0.1, 0.15) is 29.7 Å².